The number of terminal acetylenes is 1. The molecule has 1 saturated heterocycles. The first-order chi connectivity index (χ1) is 19.0. The maximum atomic E-state index is 13.6. The van der Waals surface area contributed by atoms with E-state index >= 15 is 0 Å². The third kappa shape index (κ3) is 8.19. The predicted octanol–water partition coefficient (Wildman–Crippen LogP) is 6.16. The highest BCUT2D eigenvalue weighted by Gasteiger charge is 2.34. The van der Waals surface area contributed by atoms with Gasteiger partial charge in [-0.05, 0) is 68.4 Å². The van der Waals surface area contributed by atoms with E-state index in [-0.39, 0.29) is 23.4 Å². The lowest BCUT2D eigenvalue weighted by molar-refractivity contribution is -0.138. The van der Waals surface area contributed by atoms with Crippen molar-refractivity contribution < 1.29 is 26.3 Å². The van der Waals surface area contributed by atoms with E-state index < -0.39 is 23.5 Å². The van der Waals surface area contributed by atoms with E-state index in [1.54, 1.807) is 0 Å². The summed E-state index contributed by atoms with van der Waals surface area (Å²) in [5, 5.41) is 3.17. The Morgan fingerprint density at radius 1 is 1.00 bits per heavy atom. The van der Waals surface area contributed by atoms with Crippen LogP contribution in [-0.4, -0.2) is 41.2 Å². The minimum atomic E-state index is -4.63. The number of piperidine rings is 1. The molecular formula is C28H28F6N6. The van der Waals surface area contributed by atoms with Crippen molar-refractivity contribution in [1.82, 2.24) is 15.2 Å². The average Bonchev–Trinajstić information content (AvgIpc) is 2.93. The van der Waals surface area contributed by atoms with E-state index in [1.165, 1.54) is 30.5 Å². The zero-order valence-corrected chi connectivity index (χ0v) is 21.4. The molecule has 0 saturated carbocycles. The van der Waals surface area contributed by atoms with Crippen LogP contribution in [0.1, 0.15) is 42.5 Å². The molecule has 3 N–H and O–H groups in total. The zero-order valence-electron chi connectivity index (χ0n) is 21.4. The molecule has 0 bridgehead atoms. The van der Waals surface area contributed by atoms with Gasteiger partial charge in [0.2, 0.25) is 0 Å². The standard InChI is InChI=1S/C26H26F6N6.C2H2/c27-25(28,29)18-6-8-19(9-7-18)35-22-14-20(36-23(37-22)16-38-11-2-1-3-12-38)13-17(15-33)24-21(26(30,31)32)5-4-10-34-24;1-2/h4-10,13,15H,1-3,11-12,14,16,33H2,(H,35,36,37);1-2H/b17-15+,20-13+;. The van der Waals surface area contributed by atoms with E-state index in [0.29, 0.717) is 23.9 Å². The van der Waals surface area contributed by atoms with Gasteiger partial charge in [0.05, 0.1) is 29.1 Å². The third-order valence-corrected chi connectivity index (χ3v) is 6.09. The Bertz CT molecular complexity index is 1300. The summed E-state index contributed by atoms with van der Waals surface area (Å²) in [6, 6.07) is 6.49. The van der Waals surface area contributed by atoms with Crippen LogP contribution in [0.3, 0.4) is 0 Å². The lowest BCUT2D eigenvalue weighted by atomic mass is 10.0. The number of hydrogen-bond acceptors (Lipinski definition) is 5. The number of alkyl halides is 6. The molecule has 40 heavy (non-hydrogen) atoms. The van der Waals surface area contributed by atoms with Gasteiger partial charge in [0.25, 0.3) is 0 Å². The molecule has 3 heterocycles. The number of allylic oxidation sites excluding steroid dienone is 2. The number of amidine groups is 2. The number of aliphatic imine (C=N–C) groups is 2. The lowest BCUT2D eigenvalue weighted by Gasteiger charge is -2.29. The molecule has 212 valence electrons. The molecule has 1 aromatic carbocycles. The number of aromatic nitrogens is 1. The molecule has 12 heteroatoms. The largest absolute Gasteiger partial charge is 0.418 e. The van der Waals surface area contributed by atoms with Crippen molar-refractivity contribution in [3.8, 4) is 12.8 Å². The van der Waals surface area contributed by atoms with Crippen LogP contribution in [0.25, 0.3) is 5.57 Å². The number of hydrogen-bond donors (Lipinski definition) is 2. The van der Waals surface area contributed by atoms with E-state index in [4.69, 9.17) is 5.73 Å². The quantitative estimate of drug-likeness (QED) is 0.338. The smallest absolute Gasteiger partial charge is 0.404 e. The van der Waals surface area contributed by atoms with Crippen molar-refractivity contribution in [2.75, 3.05) is 19.6 Å². The topological polar surface area (TPSA) is 78.9 Å². The maximum absolute atomic E-state index is 13.6. The first-order valence-electron chi connectivity index (χ1n) is 12.3. The van der Waals surface area contributed by atoms with E-state index in [0.717, 1.165) is 56.8 Å². The molecule has 1 fully saturated rings. The number of likely N-dealkylation sites (tertiary alicyclic amines) is 1. The average molecular weight is 563 g/mol. The molecule has 0 atom stereocenters. The SMILES string of the molecule is C#C.N/C=C(\C=C1/CC(=Nc2ccc(C(F)(F)F)cc2)N=C(CN2CCCCC2)N1)c1ncccc1C(F)(F)F. The molecule has 0 radical (unpaired) electrons. The fraction of sp³-hybridized carbons (Fsp3) is 0.321. The molecule has 0 aliphatic carbocycles. The minimum absolute atomic E-state index is 0.0496. The highest BCUT2D eigenvalue weighted by molar-refractivity contribution is 6.03. The first kappa shape index (κ1) is 30.4. The van der Waals surface area contributed by atoms with Crippen molar-refractivity contribution >= 4 is 22.9 Å². The van der Waals surface area contributed by atoms with Crippen LogP contribution in [0, 0.1) is 12.8 Å². The monoisotopic (exact) mass is 562 g/mol. The molecule has 1 aromatic heterocycles. The Hall–Kier alpha value is -4.11. The highest BCUT2D eigenvalue weighted by Crippen LogP contribution is 2.34. The Morgan fingerprint density at radius 2 is 1.68 bits per heavy atom. The summed E-state index contributed by atoms with van der Waals surface area (Å²) >= 11 is 0. The van der Waals surface area contributed by atoms with E-state index in [2.05, 4.69) is 38.0 Å². The van der Waals surface area contributed by atoms with Crippen LogP contribution in [0.2, 0.25) is 0 Å². The fourth-order valence-corrected chi connectivity index (χ4v) is 4.30. The predicted molar refractivity (Wildman–Crippen MR) is 143 cm³/mol. The van der Waals surface area contributed by atoms with E-state index in [9.17, 15) is 26.3 Å². The van der Waals surface area contributed by atoms with Gasteiger partial charge in [-0.2, -0.15) is 26.3 Å². The molecule has 0 spiro atoms. The molecule has 0 amide bonds. The summed E-state index contributed by atoms with van der Waals surface area (Å²) in [5.74, 6) is 0.832. The Labute approximate surface area is 228 Å². The second-order valence-electron chi connectivity index (χ2n) is 8.96. The number of benzene rings is 1. The molecule has 2 aromatic rings. The fourth-order valence-electron chi connectivity index (χ4n) is 4.30. The van der Waals surface area contributed by atoms with Gasteiger partial charge in [-0.25, -0.2) is 9.98 Å². The second kappa shape index (κ2) is 13.3. The Balaban J connectivity index is 0.00000216. The Kier molecular flexibility index (Phi) is 10.1. The van der Waals surface area contributed by atoms with Gasteiger partial charge >= 0.3 is 12.4 Å². The van der Waals surface area contributed by atoms with Crippen LogP contribution in [0.15, 0.2) is 70.6 Å². The summed E-state index contributed by atoms with van der Waals surface area (Å²) in [6.45, 7) is 2.21. The molecule has 0 unspecified atom stereocenters. The lowest BCUT2D eigenvalue weighted by Crippen LogP contribution is -2.42. The van der Waals surface area contributed by atoms with Gasteiger partial charge in [0, 0.05) is 30.1 Å². The number of nitrogens with zero attached hydrogens (tertiary/aromatic N) is 4. The number of rotatable bonds is 5. The third-order valence-electron chi connectivity index (χ3n) is 6.09. The number of nitrogens with two attached hydrogens (primary N) is 1. The summed E-state index contributed by atoms with van der Waals surface area (Å²) in [7, 11) is 0. The van der Waals surface area contributed by atoms with Crippen molar-refractivity contribution in [2.24, 2.45) is 15.7 Å². The number of halogens is 6. The van der Waals surface area contributed by atoms with Crippen LogP contribution >= 0.6 is 0 Å². The van der Waals surface area contributed by atoms with Gasteiger partial charge < -0.3 is 11.1 Å². The molecule has 2 aliphatic rings. The summed E-state index contributed by atoms with van der Waals surface area (Å²) in [4.78, 5) is 15.1. The van der Waals surface area contributed by atoms with Crippen LogP contribution in [-0.2, 0) is 12.4 Å². The summed E-state index contributed by atoms with van der Waals surface area (Å²) in [6.07, 6.45) is 5.98. The number of nitrogens with one attached hydrogen (secondary N) is 1. The second-order valence-corrected chi connectivity index (χ2v) is 8.96. The van der Waals surface area contributed by atoms with Crippen LogP contribution in [0.5, 0.6) is 0 Å². The van der Waals surface area contributed by atoms with Crippen molar-refractivity contribution in [2.45, 2.75) is 38.0 Å². The molecular weight excluding hydrogens is 534 g/mol. The number of pyridine rings is 1. The normalized spacial score (nSPS) is 19.0. The zero-order chi connectivity index (χ0) is 29.3. The molecule has 2 aliphatic heterocycles. The van der Waals surface area contributed by atoms with Crippen molar-refractivity contribution in [3.05, 3.63) is 77.4 Å². The van der Waals surface area contributed by atoms with Crippen LogP contribution in [0.4, 0.5) is 32.0 Å². The van der Waals surface area contributed by atoms with E-state index in [1.807, 2.05) is 0 Å². The van der Waals surface area contributed by atoms with Gasteiger partial charge in [-0.15, -0.1) is 12.8 Å². The van der Waals surface area contributed by atoms with Gasteiger partial charge in [0.1, 0.15) is 11.7 Å². The maximum Gasteiger partial charge on any atom is 0.418 e. The highest BCUT2D eigenvalue weighted by atomic mass is 19.4. The van der Waals surface area contributed by atoms with Gasteiger partial charge in [-0.1, -0.05) is 6.42 Å². The first-order valence-corrected chi connectivity index (χ1v) is 12.3. The molecule has 4 rings (SSSR count). The Morgan fingerprint density at radius 3 is 2.27 bits per heavy atom. The van der Waals surface area contributed by atoms with Gasteiger partial charge in [0.15, 0.2) is 0 Å². The van der Waals surface area contributed by atoms with Gasteiger partial charge in [-0.3, -0.25) is 9.88 Å². The van der Waals surface area contributed by atoms with Crippen LogP contribution < -0.4 is 11.1 Å². The molecule has 6 nitrogen and oxygen atoms in total. The van der Waals surface area contributed by atoms with Crippen molar-refractivity contribution in [3.63, 3.8) is 0 Å². The van der Waals surface area contributed by atoms with Crippen molar-refractivity contribution in [1.29, 1.82) is 0 Å². The summed E-state index contributed by atoms with van der Waals surface area (Å²) < 4.78 is 79.6. The summed E-state index contributed by atoms with van der Waals surface area (Å²) in [5.41, 5.74) is 4.48. The minimum Gasteiger partial charge on any atom is -0.404 e.